The van der Waals surface area contributed by atoms with E-state index in [-0.39, 0.29) is 11.5 Å². The molecule has 0 radical (unpaired) electrons. The molecule has 3 atom stereocenters. The molecule has 1 aliphatic carbocycles. The Bertz CT molecular complexity index is 879. The van der Waals surface area contributed by atoms with Gasteiger partial charge in [0.2, 0.25) is 0 Å². The molecule has 1 N–H and O–H groups in total. The van der Waals surface area contributed by atoms with Gasteiger partial charge in [-0.05, 0) is 29.8 Å². The molecule has 2 aromatic carbocycles. The first-order valence-electron chi connectivity index (χ1n) is 7.62. The van der Waals surface area contributed by atoms with Gasteiger partial charge in [0.15, 0.2) is 9.84 Å². The van der Waals surface area contributed by atoms with Gasteiger partial charge in [0.1, 0.15) is 5.41 Å². The topological polar surface area (TPSA) is 80.7 Å². The first kappa shape index (κ1) is 17.9. The summed E-state index contributed by atoms with van der Waals surface area (Å²) in [4.78, 5) is 12.1. The van der Waals surface area contributed by atoms with Crippen LogP contribution in [0.2, 0.25) is 5.02 Å². The molecule has 0 amide bonds. The van der Waals surface area contributed by atoms with Crippen LogP contribution in [0.5, 0.6) is 0 Å². The van der Waals surface area contributed by atoms with Gasteiger partial charge in [0, 0.05) is 18.1 Å². The molecule has 0 aromatic heterocycles. The van der Waals surface area contributed by atoms with Crippen molar-refractivity contribution in [1.82, 2.24) is 0 Å². The molecule has 0 saturated heterocycles. The number of aliphatic carboxylic acids is 1. The van der Waals surface area contributed by atoms with E-state index in [0.29, 0.717) is 10.6 Å². The van der Waals surface area contributed by atoms with Crippen molar-refractivity contribution in [2.45, 2.75) is 16.1 Å². The van der Waals surface area contributed by atoms with Gasteiger partial charge in [0.25, 0.3) is 0 Å². The molecule has 1 saturated carbocycles. The summed E-state index contributed by atoms with van der Waals surface area (Å²) in [5, 5.41) is 9.14. The number of carboxylic acid groups (broad SMARTS) is 1. The lowest BCUT2D eigenvalue weighted by molar-refractivity contribution is -0.145. The van der Waals surface area contributed by atoms with Crippen LogP contribution in [-0.4, -0.2) is 38.5 Å². The minimum absolute atomic E-state index is 0.0575. The van der Waals surface area contributed by atoms with E-state index >= 15 is 0 Å². The van der Waals surface area contributed by atoms with Gasteiger partial charge >= 0.3 is 5.97 Å². The molecule has 1 aliphatic rings. The second kappa shape index (κ2) is 6.44. The predicted octanol–water partition coefficient (Wildman–Crippen LogP) is 3.00. The number of carboxylic acids is 1. The Kier molecular flexibility index (Phi) is 4.62. The van der Waals surface area contributed by atoms with Gasteiger partial charge in [-0.25, -0.2) is 8.42 Å². The summed E-state index contributed by atoms with van der Waals surface area (Å²) in [7, 11) is -2.50. The molecule has 25 heavy (non-hydrogen) atoms. The zero-order valence-electron chi connectivity index (χ0n) is 13.4. The average Bonchev–Trinajstić information content (AvgIpc) is 3.27. The first-order valence-corrected chi connectivity index (χ1v) is 9.55. The summed E-state index contributed by atoms with van der Waals surface area (Å²) in [6.07, 6.45) is 0. The highest BCUT2D eigenvalue weighted by atomic mass is 35.5. The van der Waals surface area contributed by atoms with Crippen molar-refractivity contribution in [3.63, 3.8) is 0 Å². The maximum absolute atomic E-state index is 13.1. The lowest BCUT2D eigenvalue weighted by Gasteiger charge is -2.12. The molecule has 3 rings (SSSR count). The van der Waals surface area contributed by atoms with E-state index in [1.165, 1.54) is 31.4 Å². The molecule has 7 heteroatoms. The number of halogens is 1. The minimum Gasteiger partial charge on any atom is -0.481 e. The third kappa shape index (κ3) is 2.84. The van der Waals surface area contributed by atoms with Gasteiger partial charge in [-0.15, -0.1) is 0 Å². The second-order valence-corrected chi connectivity index (χ2v) is 8.59. The normalized spacial score (nSPS) is 25.5. The fraction of sp³-hybridized carbons (Fsp3) is 0.278. The predicted molar refractivity (Wildman–Crippen MR) is 93.6 cm³/mol. The van der Waals surface area contributed by atoms with Crippen LogP contribution in [0.4, 0.5) is 0 Å². The number of sulfone groups is 1. The maximum atomic E-state index is 13.1. The molecular formula is C18H17ClO5S. The number of hydrogen-bond donors (Lipinski definition) is 1. The number of ether oxygens (including phenoxy) is 1. The molecule has 1 fully saturated rings. The summed E-state index contributed by atoms with van der Waals surface area (Å²) < 4.78 is 31.3. The second-order valence-electron chi connectivity index (χ2n) is 6.09. The lowest BCUT2D eigenvalue weighted by Crippen LogP contribution is -2.28. The average molecular weight is 381 g/mol. The van der Waals surface area contributed by atoms with Gasteiger partial charge in [-0.3, -0.25) is 4.79 Å². The van der Waals surface area contributed by atoms with Crippen LogP contribution >= 0.6 is 11.6 Å². The van der Waals surface area contributed by atoms with E-state index in [4.69, 9.17) is 16.3 Å². The Labute approximate surface area is 151 Å². The van der Waals surface area contributed by atoms with E-state index in [1.807, 2.05) is 0 Å². The SMILES string of the molecule is COCC1(C(=O)O)C(c2ccccc2)C1S(=O)(=O)c1ccc(Cl)cc1. The molecule has 132 valence electrons. The highest BCUT2D eigenvalue weighted by molar-refractivity contribution is 7.92. The van der Waals surface area contributed by atoms with Crippen molar-refractivity contribution in [1.29, 1.82) is 0 Å². The van der Waals surface area contributed by atoms with Crippen molar-refractivity contribution in [2.75, 3.05) is 13.7 Å². The van der Waals surface area contributed by atoms with Crippen molar-refractivity contribution >= 4 is 27.4 Å². The van der Waals surface area contributed by atoms with Crippen LogP contribution in [0.15, 0.2) is 59.5 Å². The summed E-state index contributed by atoms with van der Waals surface area (Å²) >= 11 is 5.83. The van der Waals surface area contributed by atoms with Crippen LogP contribution in [0.3, 0.4) is 0 Å². The van der Waals surface area contributed by atoms with E-state index in [9.17, 15) is 18.3 Å². The standard InChI is InChI=1S/C18H17ClO5S/c1-24-11-18(17(20)21)15(12-5-3-2-4-6-12)16(18)25(22,23)14-9-7-13(19)8-10-14/h2-10,15-16H,11H2,1H3,(H,20,21). The van der Waals surface area contributed by atoms with Crippen LogP contribution in [0, 0.1) is 5.41 Å². The molecule has 0 bridgehead atoms. The van der Waals surface area contributed by atoms with Crippen molar-refractivity contribution in [3.05, 3.63) is 65.2 Å². The third-order valence-corrected chi connectivity index (χ3v) is 7.22. The highest BCUT2D eigenvalue weighted by Gasteiger charge is 2.76. The van der Waals surface area contributed by atoms with Gasteiger partial charge in [-0.1, -0.05) is 41.9 Å². The van der Waals surface area contributed by atoms with Gasteiger partial charge in [-0.2, -0.15) is 0 Å². The molecule has 0 spiro atoms. The quantitative estimate of drug-likeness (QED) is 0.833. The Morgan fingerprint density at radius 1 is 1.16 bits per heavy atom. The molecule has 2 aromatic rings. The van der Waals surface area contributed by atoms with E-state index in [0.717, 1.165) is 0 Å². The number of methoxy groups -OCH3 is 1. The number of carbonyl (C=O) groups is 1. The van der Waals surface area contributed by atoms with Crippen LogP contribution in [-0.2, 0) is 19.4 Å². The van der Waals surface area contributed by atoms with Crippen molar-refractivity contribution in [2.24, 2.45) is 5.41 Å². The maximum Gasteiger partial charge on any atom is 0.314 e. The molecule has 3 unspecified atom stereocenters. The number of rotatable bonds is 6. The van der Waals surface area contributed by atoms with E-state index in [2.05, 4.69) is 0 Å². The molecular weight excluding hydrogens is 364 g/mol. The highest BCUT2D eigenvalue weighted by Crippen LogP contribution is 2.64. The Hall–Kier alpha value is -1.89. The van der Waals surface area contributed by atoms with Crippen LogP contribution in [0.25, 0.3) is 0 Å². The van der Waals surface area contributed by atoms with Gasteiger partial charge < -0.3 is 9.84 Å². The third-order valence-electron chi connectivity index (χ3n) is 4.67. The largest absolute Gasteiger partial charge is 0.481 e. The molecule has 5 nitrogen and oxygen atoms in total. The molecule has 0 heterocycles. The van der Waals surface area contributed by atoms with Crippen LogP contribution in [0.1, 0.15) is 11.5 Å². The Morgan fingerprint density at radius 2 is 1.76 bits per heavy atom. The van der Waals surface area contributed by atoms with E-state index < -0.39 is 32.4 Å². The van der Waals surface area contributed by atoms with Crippen molar-refractivity contribution < 1.29 is 23.1 Å². The van der Waals surface area contributed by atoms with Gasteiger partial charge in [0.05, 0.1) is 16.8 Å². The monoisotopic (exact) mass is 380 g/mol. The van der Waals surface area contributed by atoms with Crippen molar-refractivity contribution in [3.8, 4) is 0 Å². The lowest BCUT2D eigenvalue weighted by atomic mass is 10.0. The van der Waals surface area contributed by atoms with E-state index in [1.54, 1.807) is 30.3 Å². The summed E-state index contributed by atoms with van der Waals surface area (Å²) in [5.74, 6) is -1.85. The number of benzene rings is 2. The first-order chi connectivity index (χ1) is 11.9. The number of hydrogen-bond acceptors (Lipinski definition) is 4. The zero-order chi connectivity index (χ0) is 18.2. The smallest absolute Gasteiger partial charge is 0.314 e. The van der Waals surface area contributed by atoms with Crippen LogP contribution < -0.4 is 0 Å². The minimum atomic E-state index is -3.87. The molecule has 0 aliphatic heterocycles. The fourth-order valence-electron chi connectivity index (χ4n) is 3.49. The Balaban J connectivity index is 2.11. The zero-order valence-corrected chi connectivity index (χ0v) is 15.0. The Morgan fingerprint density at radius 3 is 2.28 bits per heavy atom. The summed E-state index contributed by atoms with van der Waals surface area (Å²) in [5.41, 5.74) is -0.835. The summed E-state index contributed by atoms with van der Waals surface area (Å²) in [6, 6.07) is 14.6. The summed E-state index contributed by atoms with van der Waals surface area (Å²) in [6.45, 7) is -0.181. The fourth-order valence-corrected chi connectivity index (χ4v) is 5.97.